The number of halogens is 1. The topological polar surface area (TPSA) is 57.6 Å². The molecule has 1 aliphatic heterocycles. The van der Waals surface area contributed by atoms with Crippen molar-refractivity contribution in [2.75, 3.05) is 13.1 Å². The predicted octanol–water partition coefficient (Wildman–Crippen LogP) is 2.83. The zero-order chi connectivity index (χ0) is 15.1. The molecule has 2 atom stereocenters. The average Bonchev–Trinajstić information content (AvgIpc) is 3.02. The number of nitrogens with zero attached hydrogens (tertiary/aromatic N) is 1. The van der Waals surface area contributed by atoms with E-state index in [1.165, 1.54) is 17.4 Å². The molecule has 2 heterocycles. The van der Waals surface area contributed by atoms with Crippen LogP contribution in [0.1, 0.15) is 16.6 Å². The SMILES string of the molecule is C[C@@H]1CN(C(=O)c2cc3c(F)cccc3s2)C[C@H]1C(=O)O. The van der Waals surface area contributed by atoms with Gasteiger partial charge in [0, 0.05) is 23.2 Å². The maximum absolute atomic E-state index is 13.7. The minimum absolute atomic E-state index is 0.0717. The maximum Gasteiger partial charge on any atom is 0.308 e. The van der Waals surface area contributed by atoms with Gasteiger partial charge < -0.3 is 10.0 Å². The van der Waals surface area contributed by atoms with Crippen molar-refractivity contribution in [1.29, 1.82) is 0 Å². The smallest absolute Gasteiger partial charge is 0.308 e. The second-order valence-corrected chi connectivity index (χ2v) is 6.48. The van der Waals surface area contributed by atoms with Crippen molar-refractivity contribution in [1.82, 2.24) is 4.90 Å². The molecule has 1 aromatic heterocycles. The number of fused-ring (bicyclic) bond motifs is 1. The molecule has 110 valence electrons. The Balaban J connectivity index is 1.88. The lowest BCUT2D eigenvalue weighted by molar-refractivity contribution is -0.142. The number of carboxylic acid groups (broad SMARTS) is 1. The molecule has 0 saturated carbocycles. The number of hydrogen-bond donors (Lipinski definition) is 1. The van der Waals surface area contributed by atoms with Gasteiger partial charge >= 0.3 is 5.97 Å². The Bertz CT molecular complexity index is 727. The summed E-state index contributed by atoms with van der Waals surface area (Å²) in [6.07, 6.45) is 0. The molecule has 21 heavy (non-hydrogen) atoms. The van der Waals surface area contributed by atoms with Crippen LogP contribution >= 0.6 is 11.3 Å². The van der Waals surface area contributed by atoms with Gasteiger partial charge in [-0.15, -0.1) is 11.3 Å². The standard InChI is InChI=1S/C15H14FNO3S/c1-8-6-17(7-10(8)15(19)20)14(18)13-5-9-11(16)3-2-4-12(9)21-13/h2-5,8,10H,6-7H2,1H3,(H,19,20)/t8-,10-/m1/s1. The lowest BCUT2D eigenvalue weighted by atomic mass is 9.99. The molecule has 0 radical (unpaired) electrons. The first-order valence-electron chi connectivity index (χ1n) is 6.67. The van der Waals surface area contributed by atoms with Crippen LogP contribution in [0.3, 0.4) is 0 Å². The number of carbonyl (C=O) groups excluding carboxylic acids is 1. The van der Waals surface area contributed by atoms with Gasteiger partial charge in [0.05, 0.1) is 10.8 Å². The second-order valence-electron chi connectivity index (χ2n) is 5.39. The van der Waals surface area contributed by atoms with Crippen LogP contribution in [0.25, 0.3) is 10.1 Å². The van der Waals surface area contributed by atoms with Gasteiger partial charge in [-0.3, -0.25) is 9.59 Å². The lowest BCUT2D eigenvalue weighted by Gasteiger charge is -2.14. The van der Waals surface area contributed by atoms with E-state index >= 15 is 0 Å². The van der Waals surface area contributed by atoms with Crippen molar-refractivity contribution < 1.29 is 19.1 Å². The van der Waals surface area contributed by atoms with Gasteiger partial charge in [-0.1, -0.05) is 13.0 Å². The van der Waals surface area contributed by atoms with Gasteiger partial charge in [0.2, 0.25) is 0 Å². The molecule has 0 bridgehead atoms. The van der Waals surface area contributed by atoms with Crippen LogP contribution in [-0.4, -0.2) is 35.0 Å². The zero-order valence-electron chi connectivity index (χ0n) is 11.4. The molecule has 0 unspecified atom stereocenters. The van der Waals surface area contributed by atoms with Gasteiger partial charge in [0.15, 0.2) is 0 Å². The van der Waals surface area contributed by atoms with Crippen LogP contribution in [0.5, 0.6) is 0 Å². The van der Waals surface area contributed by atoms with Crippen LogP contribution in [0, 0.1) is 17.7 Å². The first-order chi connectivity index (χ1) is 9.97. The van der Waals surface area contributed by atoms with Crippen molar-refractivity contribution >= 4 is 33.3 Å². The highest BCUT2D eigenvalue weighted by molar-refractivity contribution is 7.20. The normalized spacial score (nSPS) is 21.9. The summed E-state index contributed by atoms with van der Waals surface area (Å²) >= 11 is 1.24. The maximum atomic E-state index is 13.7. The van der Waals surface area contributed by atoms with E-state index in [9.17, 15) is 14.0 Å². The summed E-state index contributed by atoms with van der Waals surface area (Å²) in [6.45, 7) is 2.47. The molecular formula is C15H14FNO3S. The molecule has 1 amide bonds. The van der Waals surface area contributed by atoms with Crippen LogP contribution in [-0.2, 0) is 4.79 Å². The van der Waals surface area contributed by atoms with E-state index < -0.39 is 11.9 Å². The molecule has 1 saturated heterocycles. The highest BCUT2D eigenvalue weighted by Gasteiger charge is 2.37. The number of hydrogen-bond acceptors (Lipinski definition) is 3. The van der Waals surface area contributed by atoms with E-state index in [1.54, 1.807) is 23.1 Å². The molecule has 2 aromatic rings. The van der Waals surface area contributed by atoms with Gasteiger partial charge in [-0.2, -0.15) is 0 Å². The largest absolute Gasteiger partial charge is 0.481 e. The predicted molar refractivity (Wildman–Crippen MR) is 78.0 cm³/mol. The number of thiophene rings is 1. The fourth-order valence-corrected chi connectivity index (χ4v) is 3.78. The number of carboxylic acids is 1. The van der Waals surface area contributed by atoms with Crippen molar-refractivity contribution in [2.45, 2.75) is 6.92 Å². The lowest BCUT2D eigenvalue weighted by Crippen LogP contribution is -2.29. The molecule has 1 N–H and O–H groups in total. The van der Waals surface area contributed by atoms with Gasteiger partial charge in [0.1, 0.15) is 5.82 Å². The van der Waals surface area contributed by atoms with E-state index in [0.29, 0.717) is 16.8 Å². The number of amides is 1. The van der Waals surface area contributed by atoms with Crippen molar-refractivity contribution in [3.63, 3.8) is 0 Å². The Hall–Kier alpha value is -1.95. The third-order valence-corrected chi connectivity index (χ3v) is 5.02. The molecule has 0 spiro atoms. The minimum atomic E-state index is -0.875. The molecule has 3 rings (SSSR count). The highest BCUT2D eigenvalue weighted by Crippen LogP contribution is 2.31. The third-order valence-electron chi connectivity index (χ3n) is 3.94. The second kappa shape index (κ2) is 5.11. The third kappa shape index (κ3) is 2.40. The van der Waals surface area contributed by atoms with Crippen LogP contribution < -0.4 is 0 Å². The molecule has 1 aromatic carbocycles. The van der Waals surface area contributed by atoms with Crippen molar-refractivity contribution in [3.05, 3.63) is 35.0 Å². The molecular weight excluding hydrogens is 293 g/mol. The molecule has 1 aliphatic rings. The first kappa shape index (κ1) is 14.0. The van der Waals surface area contributed by atoms with Crippen LogP contribution in [0.4, 0.5) is 4.39 Å². The number of carbonyl (C=O) groups is 2. The Kier molecular flexibility index (Phi) is 3.41. The van der Waals surface area contributed by atoms with Crippen LogP contribution in [0.2, 0.25) is 0 Å². The van der Waals surface area contributed by atoms with E-state index in [2.05, 4.69) is 0 Å². The number of aliphatic carboxylic acids is 1. The van der Waals surface area contributed by atoms with E-state index in [1.807, 2.05) is 6.92 Å². The Morgan fingerprint density at radius 1 is 1.38 bits per heavy atom. The first-order valence-corrected chi connectivity index (χ1v) is 7.49. The monoisotopic (exact) mass is 307 g/mol. The van der Waals surface area contributed by atoms with Crippen LogP contribution in [0.15, 0.2) is 24.3 Å². The summed E-state index contributed by atoms with van der Waals surface area (Å²) in [5.41, 5.74) is 0. The zero-order valence-corrected chi connectivity index (χ0v) is 12.2. The minimum Gasteiger partial charge on any atom is -0.481 e. The summed E-state index contributed by atoms with van der Waals surface area (Å²) in [4.78, 5) is 25.6. The van der Waals surface area contributed by atoms with E-state index in [4.69, 9.17) is 5.11 Å². The van der Waals surface area contributed by atoms with Gasteiger partial charge in [-0.05, 0) is 24.1 Å². The Morgan fingerprint density at radius 3 is 2.76 bits per heavy atom. The number of benzene rings is 1. The quantitative estimate of drug-likeness (QED) is 0.928. The molecule has 4 nitrogen and oxygen atoms in total. The van der Waals surface area contributed by atoms with Crippen molar-refractivity contribution in [2.24, 2.45) is 11.8 Å². The number of likely N-dealkylation sites (tertiary alicyclic amines) is 1. The van der Waals surface area contributed by atoms with E-state index in [0.717, 1.165) is 4.70 Å². The average molecular weight is 307 g/mol. The summed E-state index contributed by atoms with van der Waals surface area (Å²) in [7, 11) is 0. The molecule has 1 fully saturated rings. The molecule has 6 heteroatoms. The van der Waals surface area contributed by atoms with Crippen molar-refractivity contribution in [3.8, 4) is 0 Å². The Labute approximate surface area is 124 Å². The molecule has 0 aliphatic carbocycles. The fourth-order valence-electron chi connectivity index (χ4n) is 2.74. The van der Waals surface area contributed by atoms with Gasteiger partial charge in [-0.25, -0.2) is 4.39 Å². The summed E-state index contributed by atoms with van der Waals surface area (Å²) in [5, 5.41) is 9.56. The summed E-state index contributed by atoms with van der Waals surface area (Å²) < 4.78 is 14.4. The van der Waals surface area contributed by atoms with E-state index in [-0.39, 0.29) is 24.2 Å². The Morgan fingerprint density at radius 2 is 2.14 bits per heavy atom. The number of rotatable bonds is 2. The highest BCUT2D eigenvalue weighted by atomic mass is 32.1. The van der Waals surface area contributed by atoms with Gasteiger partial charge in [0.25, 0.3) is 5.91 Å². The summed E-state index contributed by atoms with van der Waals surface area (Å²) in [5.74, 6) is -2.04. The summed E-state index contributed by atoms with van der Waals surface area (Å²) in [6, 6.07) is 6.30. The fraction of sp³-hybridized carbons (Fsp3) is 0.333.